The minimum absolute atomic E-state index is 0.166. The van der Waals surface area contributed by atoms with Gasteiger partial charge >= 0.3 is 6.09 Å². The number of carbonyl (C=O) groups is 1. The van der Waals surface area contributed by atoms with Crippen LogP contribution < -0.4 is 22.3 Å². The standard InChI is InChI=1S/C16H20FN7O3/c1-26-23-6-5-20-15-21-7-11(8-22-15)12-4-2-3-10(13(12)17)9-27-16(25)24-14(18)19/h2-4,7-8,23H,5-6,9H2,1H3,(H,20,21,22)(H4,18,19,24,25). The molecule has 1 aromatic carbocycles. The molecule has 1 heterocycles. The van der Waals surface area contributed by atoms with Crippen molar-refractivity contribution in [1.29, 1.82) is 0 Å². The summed E-state index contributed by atoms with van der Waals surface area (Å²) in [5, 5.41) is 2.98. The molecule has 0 aliphatic carbocycles. The number of carbonyl (C=O) groups excluding carboxylic acids is 1. The number of nitrogens with two attached hydrogens (primary N) is 2. The average Bonchev–Trinajstić information content (AvgIpc) is 2.64. The van der Waals surface area contributed by atoms with Gasteiger partial charge in [-0.1, -0.05) is 18.2 Å². The van der Waals surface area contributed by atoms with E-state index >= 15 is 0 Å². The summed E-state index contributed by atoms with van der Waals surface area (Å²) in [7, 11) is 1.52. The number of aliphatic imine (C=N–C) groups is 1. The predicted octanol–water partition coefficient (Wildman–Crippen LogP) is 0.756. The fourth-order valence-electron chi connectivity index (χ4n) is 2.08. The van der Waals surface area contributed by atoms with Crippen LogP contribution in [0.5, 0.6) is 0 Å². The number of amides is 1. The Kier molecular flexibility index (Phi) is 7.40. The Balaban J connectivity index is 2.06. The molecule has 144 valence electrons. The van der Waals surface area contributed by atoms with Crippen LogP contribution in [0.3, 0.4) is 0 Å². The Hall–Kier alpha value is -3.31. The third kappa shape index (κ3) is 6.17. The van der Waals surface area contributed by atoms with Gasteiger partial charge in [0.05, 0.1) is 7.11 Å². The molecule has 0 unspecified atom stereocenters. The molecular formula is C16H20FN7O3. The van der Waals surface area contributed by atoms with Crippen molar-refractivity contribution in [3.05, 3.63) is 42.0 Å². The second-order valence-electron chi connectivity index (χ2n) is 5.19. The second-order valence-corrected chi connectivity index (χ2v) is 5.19. The zero-order valence-corrected chi connectivity index (χ0v) is 14.6. The van der Waals surface area contributed by atoms with Crippen LogP contribution in [0.2, 0.25) is 0 Å². The monoisotopic (exact) mass is 377 g/mol. The first-order chi connectivity index (χ1) is 13.0. The van der Waals surface area contributed by atoms with E-state index in [2.05, 4.69) is 25.8 Å². The lowest BCUT2D eigenvalue weighted by molar-refractivity contribution is 0.0950. The summed E-state index contributed by atoms with van der Waals surface area (Å²) < 4.78 is 19.5. The average molecular weight is 377 g/mol. The minimum atomic E-state index is -0.999. The van der Waals surface area contributed by atoms with Crippen LogP contribution in [0.4, 0.5) is 15.1 Å². The van der Waals surface area contributed by atoms with E-state index in [4.69, 9.17) is 21.0 Å². The van der Waals surface area contributed by atoms with Gasteiger partial charge in [0.1, 0.15) is 12.4 Å². The molecule has 0 saturated heterocycles. The number of halogens is 1. The fourth-order valence-corrected chi connectivity index (χ4v) is 2.08. The van der Waals surface area contributed by atoms with Gasteiger partial charge in [-0.25, -0.2) is 24.6 Å². The molecule has 1 amide bonds. The molecular weight excluding hydrogens is 357 g/mol. The molecule has 0 bridgehead atoms. The van der Waals surface area contributed by atoms with Gasteiger partial charge in [-0.05, 0) is 0 Å². The van der Waals surface area contributed by atoms with E-state index in [9.17, 15) is 9.18 Å². The number of nitrogens with one attached hydrogen (secondary N) is 2. The number of nitrogens with zero attached hydrogens (tertiary/aromatic N) is 3. The maximum atomic E-state index is 14.7. The Morgan fingerprint density at radius 3 is 2.67 bits per heavy atom. The van der Waals surface area contributed by atoms with Crippen molar-refractivity contribution in [2.24, 2.45) is 16.5 Å². The maximum Gasteiger partial charge on any atom is 0.437 e. The topological polar surface area (TPSA) is 150 Å². The number of hydrogen-bond donors (Lipinski definition) is 4. The van der Waals surface area contributed by atoms with Gasteiger partial charge in [0, 0.05) is 42.2 Å². The number of aromatic nitrogens is 2. The lowest BCUT2D eigenvalue weighted by atomic mass is 10.1. The van der Waals surface area contributed by atoms with Gasteiger partial charge in [-0.2, -0.15) is 0 Å². The summed E-state index contributed by atoms with van der Waals surface area (Å²) in [6.07, 6.45) is 1.99. The highest BCUT2D eigenvalue weighted by molar-refractivity contribution is 5.87. The van der Waals surface area contributed by atoms with Crippen molar-refractivity contribution in [1.82, 2.24) is 15.4 Å². The molecule has 11 heteroatoms. The van der Waals surface area contributed by atoms with Crippen molar-refractivity contribution in [3.63, 3.8) is 0 Å². The lowest BCUT2D eigenvalue weighted by Gasteiger charge is -2.09. The van der Waals surface area contributed by atoms with Gasteiger partial charge in [-0.3, -0.25) is 0 Å². The van der Waals surface area contributed by atoms with Crippen LogP contribution >= 0.6 is 0 Å². The van der Waals surface area contributed by atoms with E-state index < -0.39 is 17.9 Å². The Morgan fingerprint density at radius 1 is 1.26 bits per heavy atom. The molecule has 0 atom stereocenters. The molecule has 2 aromatic rings. The largest absolute Gasteiger partial charge is 0.443 e. The molecule has 0 radical (unpaired) electrons. The quantitative estimate of drug-likeness (QED) is 0.226. The first-order valence-corrected chi connectivity index (χ1v) is 7.87. The van der Waals surface area contributed by atoms with Crippen molar-refractivity contribution in [2.75, 3.05) is 25.5 Å². The summed E-state index contributed by atoms with van der Waals surface area (Å²) in [5.74, 6) is -0.582. The molecule has 2 rings (SSSR count). The van der Waals surface area contributed by atoms with Crippen molar-refractivity contribution >= 4 is 18.0 Å². The van der Waals surface area contributed by atoms with Gasteiger partial charge < -0.3 is 26.4 Å². The number of anilines is 1. The fraction of sp³-hybridized carbons (Fsp3) is 0.250. The molecule has 0 fully saturated rings. The van der Waals surface area contributed by atoms with Crippen LogP contribution in [-0.4, -0.2) is 42.2 Å². The zero-order valence-electron chi connectivity index (χ0n) is 14.6. The predicted molar refractivity (Wildman–Crippen MR) is 96.9 cm³/mol. The number of hydroxylamine groups is 1. The highest BCUT2D eigenvalue weighted by Gasteiger charge is 2.12. The molecule has 0 spiro atoms. The van der Waals surface area contributed by atoms with Crippen LogP contribution in [0, 0.1) is 5.82 Å². The molecule has 0 aliphatic rings. The van der Waals surface area contributed by atoms with E-state index in [0.717, 1.165) is 0 Å². The number of benzene rings is 1. The van der Waals surface area contributed by atoms with E-state index in [-0.39, 0.29) is 17.7 Å². The van der Waals surface area contributed by atoms with Gasteiger partial charge in [0.2, 0.25) is 5.95 Å². The first kappa shape index (κ1) is 20.0. The second kappa shape index (κ2) is 9.99. The highest BCUT2D eigenvalue weighted by atomic mass is 19.1. The summed E-state index contributed by atoms with van der Waals surface area (Å²) in [6.45, 7) is 0.803. The first-order valence-electron chi connectivity index (χ1n) is 7.87. The molecule has 0 aliphatic heterocycles. The molecule has 27 heavy (non-hydrogen) atoms. The van der Waals surface area contributed by atoms with E-state index in [1.54, 1.807) is 12.1 Å². The summed E-state index contributed by atoms with van der Waals surface area (Å²) in [6, 6.07) is 4.69. The van der Waals surface area contributed by atoms with Crippen molar-refractivity contribution < 1.29 is 18.8 Å². The normalized spacial score (nSPS) is 10.3. The molecule has 0 saturated carbocycles. The van der Waals surface area contributed by atoms with Crippen molar-refractivity contribution in [2.45, 2.75) is 6.61 Å². The number of rotatable bonds is 8. The van der Waals surface area contributed by atoms with Crippen LogP contribution in [0.15, 0.2) is 35.6 Å². The zero-order chi connectivity index (χ0) is 19.6. The molecule has 10 nitrogen and oxygen atoms in total. The number of guanidine groups is 1. The van der Waals surface area contributed by atoms with Crippen molar-refractivity contribution in [3.8, 4) is 11.1 Å². The summed E-state index contributed by atoms with van der Waals surface area (Å²) in [5.41, 5.74) is 13.7. The van der Waals surface area contributed by atoms with Gasteiger partial charge in [0.15, 0.2) is 5.96 Å². The highest BCUT2D eigenvalue weighted by Crippen LogP contribution is 2.24. The smallest absolute Gasteiger partial charge is 0.437 e. The minimum Gasteiger partial charge on any atom is -0.443 e. The van der Waals surface area contributed by atoms with E-state index in [0.29, 0.717) is 24.6 Å². The van der Waals surface area contributed by atoms with Crippen LogP contribution in [0.25, 0.3) is 11.1 Å². The van der Waals surface area contributed by atoms with Gasteiger partial charge in [0.25, 0.3) is 0 Å². The third-order valence-corrected chi connectivity index (χ3v) is 3.27. The van der Waals surface area contributed by atoms with E-state index in [1.807, 2.05) is 0 Å². The molecule has 6 N–H and O–H groups in total. The Bertz CT molecular complexity index is 795. The lowest BCUT2D eigenvalue weighted by Crippen LogP contribution is -2.24. The third-order valence-electron chi connectivity index (χ3n) is 3.27. The van der Waals surface area contributed by atoms with Crippen LogP contribution in [0.1, 0.15) is 5.56 Å². The summed E-state index contributed by atoms with van der Waals surface area (Å²) >= 11 is 0. The van der Waals surface area contributed by atoms with Crippen LogP contribution in [-0.2, 0) is 16.2 Å². The molecule has 1 aromatic heterocycles. The Morgan fingerprint density at radius 2 is 2.00 bits per heavy atom. The maximum absolute atomic E-state index is 14.7. The number of ether oxygens (including phenoxy) is 1. The van der Waals surface area contributed by atoms with E-state index in [1.165, 1.54) is 25.6 Å². The SMILES string of the molecule is CONCCNc1ncc(-c2cccc(COC(=O)N=C(N)N)c2F)cn1. The van der Waals surface area contributed by atoms with Gasteiger partial charge in [-0.15, -0.1) is 4.99 Å². The Labute approximate surface area is 154 Å². The summed E-state index contributed by atoms with van der Waals surface area (Å²) in [4.78, 5) is 27.5. The number of hydrogen-bond acceptors (Lipinski definition) is 7.